The molecule has 0 bridgehead atoms. The average Bonchev–Trinajstić information content (AvgIpc) is 1.88. The Morgan fingerprint density at radius 2 is 1.38 bits per heavy atom. The van der Waals surface area contributed by atoms with E-state index in [4.69, 9.17) is 0 Å². The van der Waals surface area contributed by atoms with Gasteiger partial charge in [0, 0.05) is 6.61 Å². The van der Waals surface area contributed by atoms with Gasteiger partial charge in [0.1, 0.15) is 0 Å². The second kappa shape index (κ2) is 15.7. The van der Waals surface area contributed by atoms with Crippen molar-refractivity contribution in [3.05, 3.63) is 0 Å². The van der Waals surface area contributed by atoms with Crippen LogP contribution in [0.15, 0.2) is 0 Å². The molecular weight excluding hydrogens is 98.9 g/mol. The van der Waals surface area contributed by atoms with Crippen molar-refractivity contribution in [3.8, 4) is 0 Å². The van der Waals surface area contributed by atoms with Gasteiger partial charge in [0.2, 0.25) is 0 Å². The van der Waals surface area contributed by atoms with Crippen molar-refractivity contribution in [2.45, 2.75) is 33.6 Å². The summed E-state index contributed by atoms with van der Waals surface area (Å²) in [6.45, 7) is 6.79. The van der Waals surface area contributed by atoms with Crippen LogP contribution in [0.1, 0.15) is 33.6 Å². The fourth-order valence-electron chi connectivity index (χ4n) is 0. The maximum Gasteiger partial charge on any atom is 0.282 e. The van der Waals surface area contributed by atoms with Gasteiger partial charge in [0.25, 0.3) is 8.05 Å². The minimum Gasteiger partial charge on any atom is -0.448 e. The zero-order valence-corrected chi connectivity index (χ0v) is 6.11. The van der Waals surface area contributed by atoms with Gasteiger partial charge < -0.3 is 4.65 Å². The van der Waals surface area contributed by atoms with E-state index in [2.05, 4.69) is 26.6 Å². The van der Waals surface area contributed by atoms with Crippen LogP contribution in [0.5, 0.6) is 0 Å². The van der Waals surface area contributed by atoms with Gasteiger partial charge in [-0.2, -0.15) is 0 Å². The first-order chi connectivity index (χ1) is 3.83. The van der Waals surface area contributed by atoms with Crippen molar-refractivity contribution in [3.63, 3.8) is 0 Å². The molecule has 0 aliphatic carbocycles. The van der Waals surface area contributed by atoms with Crippen LogP contribution in [0, 0.1) is 0 Å². The minimum atomic E-state index is 0.597. The van der Waals surface area contributed by atoms with Crippen molar-refractivity contribution in [1.82, 2.24) is 0 Å². The Morgan fingerprint density at radius 1 is 1.12 bits per heavy atom. The van der Waals surface area contributed by atoms with E-state index in [0.29, 0.717) is 6.61 Å². The third kappa shape index (κ3) is 37.1. The molecule has 1 nitrogen and oxygen atoms in total. The Balaban J connectivity index is 0. The quantitative estimate of drug-likeness (QED) is 0.498. The highest BCUT2D eigenvalue weighted by molar-refractivity contribution is 5.97. The Bertz CT molecular complexity index is 16.5. The lowest BCUT2D eigenvalue weighted by molar-refractivity contribution is 0.375. The molecule has 2 radical (unpaired) electrons. The van der Waals surface area contributed by atoms with E-state index >= 15 is 0 Å². The Hall–Kier alpha value is 0.0249. The number of hydrogen-bond acceptors (Lipinski definition) is 1. The summed E-state index contributed by atoms with van der Waals surface area (Å²) in [5.74, 6) is 0. The van der Waals surface area contributed by atoms with Crippen molar-refractivity contribution in [2.24, 2.45) is 0 Å². The molecule has 0 aliphatic rings. The van der Waals surface area contributed by atoms with Gasteiger partial charge in [0.05, 0.1) is 0 Å². The molecule has 0 N–H and O–H groups in total. The Morgan fingerprint density at radius 3 is 1.38 bits per heavy atom. The van der Waals surface area contributed by atoms with Crippen LogP contribution in [0.4, 0.5) is 0 Å². The zero-order valence-electron chi connectivity index (χ0n) is 6.11. The van der Waals surface area contributed by atoms with Crippen molar-refractivity contribution in [1.29, 1.82) is 0 Å². The van der Waals surface area contributed by atoms with E-state index in [1.165, 1.54) is 12.8 Å². The average molecular weight is 114 g/mol. The Labute approximate surface area is 53.9 Å². The fraction of sp³-hybridized carbons (Fsp3) is 1.00. The molecule has 0 saturated carbocycles. The minimum absolute atomic E-state index is 0.597. The van der Waals surface area contributed by atoms with Crippen LogP contribution in [0.2, 0.25) is 0 Å². The lowest BCUT2D eigenvalue weighted by Gasteiger charge is -1.76. The van der Waals surface area contributed by atoms with Gasteiger partial charge >= 0.3 is 0 Å². The third-order valence-electron chi connectivity index (χ3n) is 0.667. The van der Waals surface area contributed by atoms with E-state index in [0.717, 1.165) is 0 Å². The topological polar surface area (TPSA) is 9.23 Å². The summed E-state index contributed by atoms with van der Waals surface area (Å²) in [5.41, 5.74) is 0. The molecule has 0 aromatic heterocycles. The summed E-state index contributed by atoms with van der Waals surface area (Å²) in [4.78, 5) is 0. The molecule has 0 unspecified atom stereocenters. The second-order valence-corrected chi connectivity index (χ2v) is 1.46. The van der Waals surface area contributed by atoms with Crippen molar-refractivity contribution < 1.29 is 4.65 Å². The normalized spacial score (nSPS) is 7.38. The maximum atomic E-state index is 4.53. The molecule has 0 saturated heterocycles. The lowest BCUT2D eigenvalue weighted by atomic mass is 10.4. The molecule has 8 heavy (non-hydrogen) atoms. The van der Waals surface area contributed by atoms with E-state index < -0.39 is 0 Å². The number of hydrogen-bond donors (Lipinski definition) is 0. The molecule has 0 amide bonds. The summed E-state index contributed by atoms with van der Waals surface area (Å²) in [5, 5.41) is 0. The third-order valence-corrected chi connectivity index (χ3v) is 0.667. The van der Waals surface area contributed by atoms with Gasteiger partial charge in [-0.25, -0.2) is 0 Å². The summed E-state index contributed by atoms with van der Waals surface area (Å²) in [6.07, 6.45) is 2.64. The molecule has 0 heterocycles. The summed E-state index contributed by atoms with van der Waals surface area (Å²) in [6, 6.07) is 0. The van der Waals surface area contributed by atoms with Gasteiger partial charge in [-0.15, -0.1) is 0 Å². The molecule has 0 fully saturated rings. The highest BCUT2D eigenvalue weighted by Crippen LogP contribution is 1.76. The van der Waals surface area contributed by atoms with E-state index in [9.17, 15) is 0 Å². The van der Waals surface area contributed by atoms with E-state index in [1.54, 1.807) is 0 Å². The van der Waals surface area contributed by atoms with Gasteiger partial charge in [-0.3, -0.25) is 0 Å². The standard InChI is InChI=1S/C4H10.C2H5BO/c1-3-4-2;1-2-4-3/h3-4H2,1-2H3;2H2,1H3. The van der Waals surface area contributed by atoms with Crippen LogP contribution < -0.4 is 0 Å². The first kappa shape index (κ1) is 10.9. The van der Waals surface area contributed by atoms with E-state index in [1.807, 2.05) is 6.92 Å². The van der Waals surface area contributed by atoms with Crippen LogP contribution in [-0.4, -0.2) is 14.7 Å². The molecule has 48 valence electrons. The smallest absolute Gasteiger partial charge is 0.282 e. The molecule has 2 heteroatoms. The first-order valence-corrected chi connectivity index (χ1v) is 3.15. The number of rotatable bonds is 2. The highest BCUT2D eigenvalue weighted by atomic mass is 16.4. The fourth-order valence-corrected chi connectivity index (χ4v) is 0. The lowest BCUT2D eigenvalue weighted by Crippen LogP contribution is -1.76. The number of unbranched alkanes of at least 4 members (excludes halogenated alkanes) is 1. The molecule has 0 spiro atoms. The van der Waals surface area contributed by atoms with Crippen molar-refractivity contribution in [2.75, 3.05) is 6.61 Å². The molecular formula is C6H15BO. The summed E-state index contributed by atoms with van der Waals surface area (Å²) < 4.78 is 4.04. The monoisotopic (exact) mass is 114 g/mol. The van der Waals surface area contributed by atoms with Crippen LogP contribution in [0.3, 0.4) is 0 Å². The SMILES string of the molecule is CCCC.[B]OCC. The maximum absolute atomic E-state index is 4.53. The van der Waals surface area contributed by atoms with Crippen LogP contribution >= 0.6 is 0 Å². The molecule has 0 aromatic rings. The van der Waals surface area contributed by atoms with Crippen LogP contribution in [-0.2, 0) is 4.65 Å². The van der Waals surface area contributed by atoms with Gasteiger partial charge in [-0.05, 0) is 6.92 Å². The predicted octanol–water partition coefficient (Wildman–Crippen LogP) is 1.91. The zero-order chi connectivity index (χ0) is 6.83. The van der Waals surface area contributed by atoms with Gasteiger partial charge in [-0.1, -0.05) is 26.7 Å². The molecule has 0 aromatic carbocycles. The van der Waals surface area contributed by atoms with Gasteiger partial charge in [0.15, 0.2) is 0 Å². The second-order valence-electron chi connectivity index (χ2n) is 1.46. The summed E-state index contributed by atoms with van der Waals surface area (Å²) >= 11 is 0. The van der Waals surface area contributed by atoms with Crippen molar-refractivity contribution >= 4 is 8.05 Å². The molecule has 0 rings (SSSR count). The molecule has 0 aliphatic heterocycles. The molecule has 0 atom stereocenters. The largest absolute Gasteiger partial charge is 0.448 e. The predicted molar refractivity (Wildman–Crippen MR) is 38.0 cm³/mol. The summed E-state index contributed by atoms with van der Waals surface area (Å²) in [7, 11) is 4.53. The highest BCUT2D eigenvalue weighted by Gasteiger charge is 1.56. The first-order valence-electron chi connectivity index (χ1n) is 3.15. The Kier molecular flexibility index (Phi) is 21.5. The van der Waals surface area contributed by atoms with Crippen LogP contribution in [0.25, 0.3) is 0 Å². The van der Waals surface area contributed by atoms with E-state index in [-0.39, 0.29) is 0 Å².